The van der Waals surface area contributed by atoms with Crippen LogP contribution in [0.2, 0.25) is 0 Å². The van der Waals surface area contributed by atoms with Gasteiger partial charge in [-0.15, -0.1) is 0 Å². The molecule has 0 bridgehead atoms. The standard InChI is InChI=1S/C24H25BrN2O6S/c1-2-33-24(30)17-4-3-5-18(12-17)26-22(28)9-11-34(31,32)21-14-20-16(13-19(21)25)8-10-27(20)23(29)15-6-7-15/h3-5,12-15H,2,6-11H2,1H3,(H,26,28). The average Bonchev–Trinajstić information content (AvgIpc) is 3.57. The molecule has 180 valence electrons. The first-order chi connectivity index (χ1) is 16.2. The molecule has 1 heterocycles. The number of ether oxygens (including phenoxy) is 1. The molecule has 1 aliphatic carbocycles. The molecule has 0 radical (unpaired) electrons. The number of rotatable bonds is 8. The predicted octanol–water partition coefficient (Wildman–Crippen LogP) is 3.73. The minimum atomic E-state index is -3.80. The number of amides is 2. The molecule has 0 aromatic heterocycles. The summed E-state index contributed by atoms with van der Waals surface area (Å²) in [5.74, 6) is -1.30. The largest absolute Gasteiger partial charge is 0.462 e. The molecule has 1 saturated carbocycles. The van der Waals surface area contributed by atoms with Crippen LogP contribution >= 0.6 is 15.9 Å². The summed E-state index contributed by atoms with van der Waals surface area (Å²) in [7, 11) is -3.80. The normalized spacial score (nSPS) is 15.1. The third-order valence-electron chi connectivity index (χ3n) is 5.81. The van der Waals surface area contributed by atoms with Gasteiger partial charge >= 0.3 is 5.97 Å². The molecule has 1 aliphatic heterocycles. The van der Waals surface area contributed by atoms with Crippen molar-refractivity contribution in [3.63, 3.8) is 0 Å². The Kier molecular flexibility index (Phi) is 7.09. The summed E-state index contributed by atoms with van der Waals surface area (Å²) in [6.45, 7) is 2.48. The van der Waals surface area contributed by atoms with E-state index in [1.165, 1.54) is 6.07 Å². The van der Waals surface area contributed by atoms with E-state index in [9.17, 15) is 22.8 Å². The third-order valence-corrected chi connectivity index (χ3v) is 8.48. The minimum Gasteiger partial charge on any atom is -0.462 e. The van der Waals surface area contributed by atoms with Crippen LogP contribution in [0.15, 0.2) is 45.8 Å². The van der Waals surface area contributed by atoms with Crippen LogP contribution in [0.3, 0.4) is 0 Å². The fourth-order valence-electron chi connectivity index (χ4n) is 3.90. The minimum absolute atomic E-state index is 0.0423. The lowest BCUT2D eigenvalue weighted by Crippen LogP contribution is -2.30. The molecule has 2 aromatic rings. The van der Waals surface area contributed by atoms with Crippen LogP contribution in [0.25, 0.3) is 0 Å². The number of esters is 1. The number of nitrogens with zero attached hydrogens (tertiary/aromatic N) is 1. The van der Waals surface area contributed by atoms with Crippen molar-refractivity contribution in [2.75, 3.05) is 29.1 Å². The Hall–Kier alpha value is -2.72. The van der Waals surface area contributed by atoms with Gasteiger partial charge in [-0.3, -0.25) is 9.59 Å². The van der Waals surface area contributed by atoms with Gasteiger partial charge < -0.3 is 15.0 Å². The lowest BCUT2D eigenvalue weighted by Gasteiger charge is -2.18. The Balaban J connectivity index is 1.44. The second-order valence-electron chi connectivity index (χ2n) is 8.34. The Morgan fingerprint density at radius 2 is 1.94 bits per heavy atom. The zero-order valence-electron chi connectivity index (χ0n) is 18.7. The molecule has 0 unspecified atom stereocenters. The summed E-state index contributed by atoms with van der Waals surface area (Å²) in [5.41, 5.74) is 2.23. The van der Waals surface area contributed by atoms with Gasteiger partial charge in [-0.1, -0.05) is 6.07 Å². The molecule has 34 heavy (non-hydrogen) atoms. The number of benzene rings is 2. The van der Waals surface area contributed by atoms with Crippen LogP contribution < -0.4 is 10.2 Å². The number of hydrogen-bond acceptors (Lipinski definition) is 6. The highest BCUT2D eigenvalue weighted by Gasteiger charge is 2.37. The van der Waals surface area contributed by atoms with E-state index < -0.39 is 27.5 Å². The molecule has 4 rings (SSSR count). The van der Waals surface area contributed by atoms with Crippen molar-refractivity contribution in [2.45, 2.75) is 37.5 Å². The van der Waals surface area contributed by atoms with Gasteiger partial charge in [0.2, 0.25) is 11.8 Å². The van der Waals surface area contributed by atoms with Crippen LogP contribution in [0.1, 0.15) is 42.1 Å². The summed E-state index contributed by atoms with van der Waals surface area (Å²) < 4.78 is 31.5. The molecule has 0 saturated heterocycles. The van der Waals surface area contributed by atoms with E-state index in [1.807, 2.05) is 0 Å². The van der Waals surface area contributed by atoms with Crippen molar-refractivity contribution in [2.24, 2.45) is 5.92 Å². The molecular formula is C24H25BrN2O6S. The predicted molar refractivity (Wildman–Crippen MR) is 131 cm³/mol. The lowest BCUT2D eigenvalue weighted by atomic mass is 10.2. The molecule has 0 atom stereocenters. The van der Waals surface area contributed by atoms with Crippen molar-refractivity contribution in [1.29, 1.82) is 0 Å². The van der Waals surface area contributed by atoms with Crippen molar-refractivity contribution < 1.29 is 27.5 Å². The highest BCUT2D eigenvalue weighted by molar-refractivity contribution is 9.10. The number of carbonyl (C=O) groups excluding carboxylic acids is 3. The Morgan fingerprint density at radius 3 is 2.65 bits per heavy atom. The van der Waals surface area contributed by atoms with E-state index in [0.29, 0.717) is 34.4 Å². The van der Waals surface area contributed by atoms with Gasteiger partial charge in [0.15, 0.2) is 9.84 Å². The van der Waals surface area contributed by atoms with E-state index in [2.05, 4.69) is 21.2 Å². The molecule has 8 nitrogen and oxygen atoms in total. The van der Waals surface area contributed by atoms with E-state index >= 15 is 0 Å². The molecule has 10 heteroatoms. The quantitative estimate of drug-likeness (QED) is 0.503. The van der Waals surface area contributed by atoms with E-state index in [4.69, 9.17) is 4.74 Å². The molecule has 2 aromatic carbocycles. The molecule has 1 fully saturated rings. The van der Waals surface area contributed by atoms with E-state index in [-0.39, 0.29) is 29.7 Å². The van der Waals surface area contributed by atoms with Crippen molar-refractivity contribution in [3.8, 4) is 0 Å². The summed E-state index contributed by atoms with van der Waals surface area (Å²) in [5, 5.41) is 2.63. The number of carbonyl (C=O) groups is 3. The zero-order chi connectivity index (χ0) is 24.5. The van der Waals surface area contributed by atoms with Gasteiger partial charge in [0.25, 0.3) is 0 Å². The Morgan fingerprint density at radius 1 is 1.18 bits per heavy atom. The van der Waals surface area contributed by atoms with Gasteiger partial charge in [0.05, 0.1) is 22.8 Å². The van der Waals surface area contributed by atoms with E-state index in [0.717, 1.165) is 18.4 Å². The van der Waals surface area contributed by atoms with Crippen LogP contribution in [0.4, 0.5) is 11.4 Å². The van der Waals surface area contributed by atoms with Crippen molar-refractivity contribution in [3.05, 3.63) is 52.0 Å². The number of anilines is 2. The summed E-state index contributed by atoms with van der Waals surface area (Å²) in [6, 6.07) is 9.56. The summed E-state index contributed by atoms with van der Waals surface area (Å²) >= 11 is 3.35. The summed E-state index contributed by atoms with van der Waals surface area (Å²) in [4.78, 5) is 38.6. The number of fused-ring (bicyclic) bond motifs is 1. The van der Waals surface area contributed by atoms with Crippen LogP contribution in [-0.2, 0) is 30.6 Å². The maximum absolute atomic E-state index is 13.1. The molecule has 2 amide bonds. The Labute approximate surface area is 206 Å². The smallest absolute Gasteiger partial charge is 0.338 e. The molecule has 1 N–H and O–H groups in total. The van der Waals surface area contributed by atoms with Crippen molar-refractivity contribution >= 4 is 54.9 Å². The Bertz CT molecular complexity index is 1260. The summed E-state index contributed by atoms with van der Waals surface area (Å²) in [6.07, 6.45) is 2.18. The topological polar surface area (TPSA) is 110 Å². The average molecular weight is 549 g/mol. The highest BCUT2D eigenvalue weighted by atomic mass is 79.9. The molecule has 2 aliphatic rings. The second-order valence-corrected chi connectivity index (χ2v) is 11.3. The van der Waals surface area contributed by atoms with Crippen LogP contribution in [-0.4, -0.2) is 45.1 Å². The number of sulfone groups is 1. The van der Waals surface area contributed by atoms with Gasteiger partial charge in [-0.2, -0.15) is 0 Å². The number of halogens is 1. The van der Waals surface area contributed by atoms with Gasteiger partial charge in [-0.25, -0.2) is 13.2 Å². The van der Waals surface area contributed by atoms with Crippen LogP contribution in [0, 0.1) is 5.92 Å². The van der Waals surface area contributed by atoms with Crippen molar-refractivity contribution in [1.82, 2.24) is 0 Å². The fraction of sp³-hybridized carbons (Fsp3) is 0.375. The maximum atomic E-state index is 13.1. The third kappa shape index (κ3) is 5.33. The van der Waals surface area contributed by atoms with E-state index in [1.54, 1.807) is 42.2 Å². The van der Waals surface area contributed by atoms with Gasteiger partial charge in [-0.05, 0) is 78.0 Å². The SMILES string of the molecule is CCOC(=O)c1cccc(NC(=O)CCS(=O)(=O)c2cc3c(cc2Br)CCN3C(=O)C2CC2)c1. The molecule has 0 spiro atoms. The van der Waals surface area contributed by atoms with Crippen LogP contribution in [0.5, 0.6) is 0 Å². The highest BCUT2D eigenvalue weighted by Crippen LogP contribution is 2.39. The first-order valence-corrected chi connectivity index (χ1v) is 13.6. The second kappa shape index (κ2) is 9.87. The first kappa shape index (κ1) is 24.4. The molecular weight excluding hydrogens is 524 g/mol. The lowest BCUT2D eigenvalue weighted by molar-refractivity contribution is -0.119. The fourth-order valence-corrected chi connectivity index (χ4v) is 6.36. The maximum Gasteiger partial charge on any atom is 0.338 e. The zero-order valence-corrected chi connectivity index (χ0v) is 21.1. The first-order valence-electron chi connectivity index (χ1n) is 11.1. The number of hydrogen-bond donors (Lipinski definition) is 1. The van der Waals surface area contributed by atoms with Gasteiger partial charge in [0, 0.05) is 34.7 Å². The van der Waals surface area contributed by atoms with Gasteiger partial charge in [0.1, 0.15) is 0 Å². The number of nitrogens with one attached hydrogen (secondary N) is 1. The monoisotopic (exact) mass is 548 g/mol.